The third kappa shape index (κ3) is 3.20. The van der Waals surface area contributed by atoms with E-state index in [2.05, 4.69) is 15.6 Å². The number of aryl methyl sites for hydroxylation is 1. The van der Waals surface area contributed by atoms with Crippen LogP contribution in [0.15, 0.2) is 52.4 Å². The number of carbonyl (C=O) groups excluding carboxylic acids is 1. The summed E-state index contributed by atoms with van der Waals surface area (Å²) >= 11 is 0. The molecule has 0 aliphatic carbocycles. The molecule has 2 heterocycles. The van der Waals surface area contributed by atoms with Gasteiger partial charge in [-0.3, -0.25) is 9.59 Å². The minimum absolute atomic E-state index is 0.136. The van der Waals surface area contributed by atoms with Crippen LogP contribution in [0.3, 0.4) is 0 Å². The lowest BCUT2D eigenvalue weighted by atomic mass is 10.1. The molecule has 1 amide bonds. The first-order valence-electron chi connectivity index (χ1n) is 8.75. The maximum Gasteiger partial charge on any atom is 0.292 e. The summed E-state index contributed by atoms with van der Waals surface area (Å²) in [7, 11) is 1.51. The lowest BCUT2D eigenvalue weighted by Crippen LogP contribution is -2.27. The van der Waals surface area contributed by atoms with Crippen LogP contribution >= 0.6 is 0 Å². The number of aromatic nitrogens is 2. The van der Waals surface area contributed by atoms with Crippen LogP contribution < -0.4 is 20.5 Å². The van der Waals surface area contributed by atoms with Crippen molar-refractivity contribution in [2.45, 2.75) is 6.92 Å². The van der Waals surface area contributed by atoms with Crippen molar-refractivity contribution >= 4 is 22.4 Å². The highest BCUT2D eigenvalue weighted by molar-refractivity contribution is 6.06. The number of fused-ring (bicyclic) bond motifs is 2. The number of rotatable bonds is 3. The number of hydrogen-bond donors (Lipinski definition) is 1. The van der Waals surface area contributed by atoms with Gasteiger partial charge >= 0.3 is 0 Å². The molecule has 1 aliphatic heterocycles. The Morgan fingerprint density at radius 2 is 1.82 bits per heavy atom. The Kier molecular flexibility index (Phi) is 4.52. The van der Waals surface area contributed by atoms with Crippen molar-refractivity contribution in [2.24, 2.45) is 12.1 Å². The molecular weight excluding hydrogens is 360 g/mol. The number of ether oxygens (including phenoxy) is 2. The van der Waals surface area contributed by atoms with E-state index in [4.69, 9.17) is 9.47 Å². The standard InChI is InChI=1S/C20H18N4O4/c1-12(13-7-8-16-17(11-13)28-10-9-27-16)21-22-19(25)18-14-5-3-4-6-15(14)20(26)24(2)23-18/h3-8,11H,9-10H2,1-2H3,(H,22,25)/b21-12-. The van der Waals surface area contributed by atoms with Gasteiger partial charge in [0.1, 0.15) is 13.2 Å². The number of amides is 1. The molecule has 1 N–H and O–H groups in total. The fraction of sp³-hybridized carbons (Fsp3) is 0.200. The molecule has 0 radical (unpaired) electrons. The second-order valence-electron chi connectivity index (χ2n) is 6.32. The minimum atomic E-state index is -0.497. The molecule has 0 spiro atoms. The van der Waals surface area contributed by atoms with Crippen LogP contribution in [-0.2, 0) is 7.05 Å². The molecule has 0 atom stereocenters. The highest BCUT2D eigenvalue weighted by Crippen LogP contribution is 2.30. The second kappa shape index (κ2) is 7.15. The van der Waals surface area contributed by atoms with Crippen LogP contribution in [-0.4, -0.2) is 34.6 Å². The van der Waals surface area contributed by atoms with Crippen molar-refractivity contribution in [2.75, 3.05) is 13.2 Å². The van der Waals surface area contributed by atoms with Crippen molar-refractivity contribution in [3.05, 3.63) is 64.1 Å². The zero-order chi connectivity index (χ0) is 19.7. The smallest absolute Gasteiger partial charge is 0.292 e. The van der Waals surface area contributed by atoms with E-state index in [1.807, 2.05) is 18.2 Å². The van der Waals surface area contributed by atoms with Gasteiger partial charge in [-0.25, -0.2) is 10.1 Å². The number of nitrogens with one attached hydrogen (secondary N) is 1. The lowest BCUT2D eigenvalue weighted by molar-refractivity contribution is 0.0949. The van der Waals surface area contributed by atoms with Crippen molar-refractivity contribution in [1.29, 1.82) is 0 Å². The van der Waals surface area contributed by atoms with Gasteiger partial charge in [-0.1, -0.05) is 18.2 Å². The zero-order valence-corrected chi connectivity index (χ0v) is 15.4. The van der Waals surface area contributed by atoms with Crippen LogP contribution in [0.2, 0.25) is 0 Å². The lowest BCUT2D eigenvalue weighted by Gasteiger charge is -2.18. The molecule has 8 nitrogen and oxygen atoms in total. The third-order valence-electron chi connectivity index (χ3n) is 4.46. The SMILES string of the molecule is C/C(=N/NC(=O)c1nn(C)c(=O)c2ccccc12)c1ccc2c(c1)OCCO2. The van der Waals surface area contributed by atoms with Crippen molar-refractivity contribution in [1.82, 2.24) is 15.2 Å². The third-order valence-corrected chi connectivity index (χ3v) is 4.46. The van der Waals surface area contributed by atoms with E-state index in [1.165, 1.54) is 7.05 Å². The van der Waals surface area contributed by atoms with Gasteiger partial charge < -0.3 is 9.47 Å². The van der Waals surface area contributed by atoms with E-state index in [1.54, 1.807) is 31.2 Å². The fourth-order valence-corrected chi connectivity index (χ4v) is 2.99. The average molecular weight is 378 g/mol. The molecule has 28 heavy (non-hydrogen) atoms. The number of hydrogen-bond acceptors (Lipinski definition) is 6. The summed E-state index contributed by atoms with van der Waals surface area (Å²) in [4.78, 5) is 24.8. The Morgan fingerprint density at radius 1 is 1.11 bits per heavy atom. The molecule has 0 bridgehead atoms. The molecule has 2 aromatic carbocycles. The van der Waals surface area contributed by atoms with Crippen LogP contribution in [0.4, 0.5) is 0 Å². The van der Waals surface area contributed by atoms with E-state index < -0.39 is 5.91 Å². The van der Waals surface area contributed by atoms with Gasteiger partial charge in [-0.15, -0.1) is 0 Å². The highest BCUT2D eigenvalue weighted by Gasteiger charge is 2.16. The average Bonchev–Trinajstić information content (AvgIpc) is 2.74. The number of carbonyl (C=O) groups is 1. The first-order chi connectivity index (χ1) is 13.5. The van der Waals surface area contributed by atoms with Crippen molar-refractivity contribution in [3.8, 4) is 11.5 Å². The summed E-state index contributed by atoms with van der Waals surface area (Å²) in [6, 6.07) is 12.3. The summed E-state index contributed by atoms with van der Waals surface area (Å²) < 4.78 is 12.2. The largest absolute Gasteiger partial charge is 0.486 e. The van der Waals surface area contributed by atoms with E-state index in [9.17, 15) is 9.59 Å². The number of hydrazone groups is 1. The summed E-state index contributed by atoms with van der Waals surface area (Å²) in [6.07, 6.45) is 0. The second-order valence-corrected chi connectivity index (χ2v) is 6.32. The quantitative estimate of drug-likeness (QED) is 0.554. The molecule has 0 fully saturated rings. The predicted molar refractivity (Wildman–Crippen MR) is 104 cm³/mol. The summed E-state index contributed by atoms with van der Waals surface area (Å²) in [5.41, 5.74) is 3.78. The fourth-order valence-electron chi connectivity index (χ4n) is 2.99. The molecule has 4 rings (SSSR count). The van der Waals surface area contributed by atoms with E-state index >= 15 is 0 Å². The van der Waals surface area contributed by atoms with Gasteiger partial charge in [-0.2, -0.15) is 10.2 Å². The van der Waals surface area contributed by atoms with Gasteiger partial charge in [0.25, 0.3) is 11.5 Å². The molecular formula is C20H18N4O4. The van der Waals surface area contributed by atoms with Gasteiger partial charge in [0.05, 0.1) is 11.1 Å². The van der Waals surface area contributed by atoms with E-state index in [-0.39, 0.29) is 11.3 Å². The van der Waals surface area contributed by atoms with Crippen LogP contribution in [0.1, 0.15) is 23.0 Å². The first-order valence-corrected chi connectivity index (χ1v) is 8.75. The Labute approximate surface area is 160 Å². The first kappa shape index (κ1) is 17.7. The maximum absolute atomic E-state index is 12.6. The Morgan fingerprint density at radius 3 is 2.61 bits per heavy atom. The van der Waals surface area contributed by atoms with Crippen LogP contribution in [0.5, 0.6) is 11.5 Å². The molecule has 0 saturated heterocycles. The monoisotopic (exact) mass is 378 g/mol. The molecule has 1 aliphatic rings. The van der Waals surface area contributed by atoms with Gasteiger partial charge in [0, 0.05) is 18.0 Å². The van der Waals surface area contributed by atoms with E-state index in [0.29, 0.717) is 41.2 Å². The van der Waals surface area contributed by atoms with Gasteiger partial charge in [0.15, 0.2) is 17.2 Å². The Bertz CT molecular complexity index is 1170. The number of benzene rings is 2. The molecule has 142 valence electrons. The van der Waals surface area contributed by atoms with Gasteiger partial charge in [-0.05, 0) is 31.2 Å². The maximum atomic E-state index is 12.6. The molecule has 8 heteroatoms. The normalized spacial score (nSPS) is 13.4. The van der Waals surface area contributed by atoms with E-state index in [0.717, 1.165) is 10.2 Å². The highest BCUT2D eigenvalue weighted by atomic mass is 16.6. The van der Waals surface area contributed by atoms with Crippen molar-refractivity contribution < 1.29 is 14.3 Å². The predicted octanol–water partition coefficient (Wildman–Crippen LogP) is 1.86. The number of nitrogens with zero attached hydrogens (tertiary/aromatic N) is 3. The summed E-state index contributed by atoms with van der Waals surface area (Å²) in [5.74, 6) is 0.840. The van der Waals surface area contributed by atoms with Crippen molar-refractivity contribution in [3.63, 3.8) is 0 Å². The van der Waals surface area contributed by atoms with Crippen LogP contribution in [0.25, 0.3) is 10.8 Å². The summed E-state index contributed by atoms with van der Waals surface area (Å²) in [6.45, 7) is 2.79. The Hall–Kier alpha value is -3.68. The minimum Gasteiger partial charge on any atom is -0.486 e. The zero-order valence-electron chi connectivity index (χ0n) is 15.4. The molecule has 1 aromatic heterocycles. The van der Waals surface area contributed by atoms with Crippen LogP contribution in [0, 0.1) is 0 Å². The molecule has 0 saturated carbocycles. The molecule has 3 aromatic rings. The molecule has 0 unspecified atom stereocenters. The topological polar surface area (TPSA) is 94.8 Å². The summed E-state index contributed by atoms with van der Waals surface area (Å²) in [5, 5.41) is 9.18. The Balaban J connectivity index is 1.62. The van der Waals surface area contributed by atoms with Gasteiger partial charge in [0.2, 0.25) is 0 Å².